The summed E-state index contributed by atoms with van der Waals surface area (Å²) in [6, 6.07) is 4.29. The van der Waals surface area contributed by atoms with Crippen LogP contribution in [0.25, 0.3) is 0 Å². The smallest absolute Gasteiger partial charge is 0.347 e. The summed E-state index contributed by atoms with van der Waals surface area (Å²) in [7, 11) is 0. The van der Waals surface area contributed by atoms with E-state index in [0.717, 1.165) is 23.5 Å². The molecule has 0 saturated carbocycles. The molecule has 7 heteroatoms. The maximum Gasteiger partial charge on any atom is 0.416 e. The fourth-order valence-electron chi connectivity index (χ4n) is 2.37. The van der Waals surface area contributed by atoms with Crippen molar-refractivity contribution in [1.82, 2.24) is 14.9 Å². The van der Waals surface area contributed by atoms with E-state index in [0.29, 0.717) is 19.5 Å². The summed E-state index contributed by atoms with van der Waals surface area (Å²) in [5.41, 5.74) is 1.31. The molecule has 1 aliphatic rings. The van der Waals surface area contributed by atoms with Gasteiger partial charge in [0, 0.05) is 18.5 Å². The molecule has 21 heavy (non-hydrogen) atoms. The molecule has 110 valence electrons. The summed E-state index contributed by atoms with van der Waals surface area (Å²) >= 11 is 0. The molecule has 0 fully saturated rings. The summed E-state index contributed by atoms with van der Waals surface area (Å²) in [5.74, 6) is -0.274. The molecule has 0 unspecified atom stereocenters. The summed E-state index contributed by atoms with van der Waals surface area (Å²) in [4.78, 5) is 21.0. The van der Waals surface area contributed by atoms with Crippen molar-refractivity contribution in [2.75, 3.05) is 6.54 Å². The number of aromatic nitrogens is 2. The fourth-order valence-corrected chi connectivity index (χ4v) is 2.37. The van der Waals surface area contributed by atoms with Gasteiger partial charge < -0.3 is 9.88 Å². The zero-order chi connectivity index (χ0) is 15.0. The first-order chi connectivity index (χ1) is 9.95. The largest absolute Gasteiger partial charge is 0.416 e. The summed E-state index contributed by atoms with van der Waals surface area (Å²) in [6.45, 7) is 0.910. The van der Waals surface area contributed by atoms with Crippen LogP contribution in [0.2, 0.25) is 0 Å². The highest BCUT2D eigenvalue weighted by molar-refractivity contribution is 5.94. The number of hydrogen-bond acceptors (Lipinski definition) is 2. The van der Waals surface area contributed by atoms with E-state index in [1.54, 1.807) is 11.2 Å². The van der Waals surface area contributed by atoms with Gasteiger partial charge in [-0.3, -0.25) is 4.79 Å². The molecule has 1 amide bonds. The summed E-state index contributed by atoms with van der Waals surface area (Å²) in [5, 5.41) is 0. The van der Waals surface area contributed by atoms with Crippen LogP contribution in [0.5, 0.6) is 0 Å². The first-order valence-corrected chi connectivity index (χ1v) is 6.43. The molecule has 0 aliphatic carbocycles. The highest BCUT2D eigenvalue weighted by Crippen LogP contribution is 2.29. The number of carbonyl (C=O) groups excluding carboxylic acids is 1. The third-order valence-corrected chi connectivity index (χ3v) is 3.52. The third-order valence-electron chi connectivity index (χ3n) is 3.52. The van der Waals surface area contributed by atoms with Gasteiger partial charge in [-0.1, -0.05) is 0 Å². The summed E-state index contributed by atoms with van der Waals surface area (Å²) in [6.07, 6.45) is -2.17. The van der Waals surface area contributed by atoms with Crippen LogP contribution in [0.1, 0.15) is 27.3 Å². The number of imidazole rings is 1. The Morgan fingerprint density at radius 1 is 1.24 bits per heavy atom. The van der Waals surface area contributed by atoms with Gasteiger partial charge >= 0.3 is 6.18 Å². The Morgan fingerprint density at radius 2 is 1.95 bits per heavy atom. The van der Waals surface area contributed by atoms with E-state index >= 15 is 0 Å². The molecule has 2 aromatic rings. The van der Waals surface area contributed by atoms with Gasteiger partial charge in [-0.2, -0.15) is 13.2 Å². The minimum atomic E-state index is -4.39. The lowest BCUT2D eigenvalue weighted by atomic mass is 10.1. The molecule has 3 rings (SSSR count). The molecular formula is C14H12F3N3O. The number of aromatic amines is 1. The molecule has 4 nitrogen and oxygen atoms in total. The number of amides is 1. The molecule has 1 aromatic heterocycles. The predicted molar refractivity (Wildman–Crippen MR) is 68.5 cm³/mol. The zero-order valence-electron chi connectivity index (χ0n) is 10.9. The van der Waals surface area contributed by atoms with Crippen molar-refractivity contribution >= 4 is 5.91 Å². The number of fused-ring (bicyclic) bond motifs is 1. The maximum atomic E-state index is 12.5. The van der Waals surface area contributed by atoms with Crippen molar-refractivity contribution in [3.8, 4) is 0 Å². The van der Waals surface area contributed by atoms with Crippen molar-refractivity contribution in [2.24, 2.45) is 0 Å². The van der Waals surface area contributed by atoms with Gasteiger partial charge in [-0.25, -0.2) is 4.98 Å². The first kappa shape index (κ1) is 13.7. The normalized spacial score (nSPS) is 14.9. The fraction of sp³-hybridized carbons (Fsp3) is 0.286. The van der Waals surface area contributed by atoms with Crippen LogP contribution >= 0.6 is 0 Å². The quantitative estimate of drug-likeness (QED) is 0.879. The van der Waals surface area contributed by atoms with E-state index in [-0.39, 0.29) is 11.5 Å². The van der Waals surface area contributed by atoms with Crippen LogP contribution in [-0.2, 0) is 19.1 Å². The second-order valence-corrected chi connectivity index (χ2v) is 4.88. The minimum Gasteiger partial charge on any atom is -0.347 e. The number of carbonyl (C=O) groups is 1. The molecular weight excluding hydrogens is 283 g/mol. The summed E-state index contributed by atoms with van der Waals surface area (Å²) < 4.78 is 37.5. The van der Waals surface area contributed by atoms with Gasteiger partial charge in [-0.05, 0) is 24.3 Å². The zero-order valence-corrected chi connectivity index (χ0v) is 10.9. The van der Waals surface area contributed by atoms with E-state index in [1.807, 2.05) is 0 Å². The van der Waals surface area contributed by atoms with Gasteiger partial charge in [0.15, 0.2) is 0 Å². The van der Waals surface area contributed by atoms with Crippen LogP contribution in [0.4, 0.5) is 13.2 Å². The predicted octanol–water partition coefficient (Wildman–Crippen LogP) is 2.63. The van der Waals surface area contributed by atoms with Crippen molar-refractivity contribution < 1.29 is 18.0 Å². The van der Waals surface area contributed by atoms with Crippen molar-refractivity contribution in [1.29, 1.82) is 0 Å². The number of halogens is 3. The Bertz CT molecular complexity index is 661. The molecule has 0 radical (unpaired) electrons. The van der Waals surface area contributed by atoms with Gasteiger partial charge in [-0.15, -0.1) is 0 Å². The van der Waals surface area contributed by atoms with Crippen LogP contribution in [-0.4, -0.2) is 27.3 Å². The van der Waals surface area contributed by atoms with Crippen LogP contribution in [0.3, 0.4) is 0 Å². The lowest BCUT2D eigenvalue weighted by Gasteiger charge is -2.26. The highest BCUT2D eigenvalue weighted by Gasteiger charge is 2.30. The lowest BCUT2D eigenvalue weighted by Crippen LogP contribution is -2.36. The molecule has 0 spiro atoms. The Balaban J connectivity index is 1.77. The average Bonchev–Trinajstić information content (AvgIpc) is 2.93. The number of alkyl halides is 3. The molecule has 2 heterocycles. The average molecular weight is 295 g/mol. The number of H-pyrrole nitrogens is 1. The van der Waals surface area contributed by atoms with Gasteiger partial charge in [0.25, 0.3) is 5.91 Å². The lowest BCUT2D eigenvalue weighted by molar-refractivity contribution is -0.137. The standard InChI is InChI=1S/C14H12F3N3O/c15-14(16,17)10-3-1-9(2-4-10)13(21)20-6-5-11-12(7-20)19-8-18-11/h1-4,8H,5-7H2,(H,18,19). The molecule has 0 saturated heterocycles. The second kappa shape index (κ2) is 4.91. The van der Waals surface area contributed by atoms with Gasteiger partial charge in [0.1, 0.15) is 0 Å². The number of nitrogens with zero attached hydrogens (tertiary/aromatic N) is 2. The molecule has 1 N–H and O–H groups in total. The van der Waals surface area contributed by atoms with E-state index in [1.165, 1.54) is 12.1 Å². The van der Waals surface area contributed by atoms with E-state index < -0.39 is 11.7 Å². The maximum absolute atomic E-state index is 12.5. The molecule has 0 atom stereocenters. The van der Waals surface area contributed by atoms with E-state index in [4.69, 9.17) is 0 Å². The third kappa shape index (κ3) is 2.63. The van der Waals surface area contributed by atoms with Crippen LogP contribution < -0.4 is 0 Å². The first-order valence-electron chi connectivity index (χ1n) is 6.43. The Labute approximate surface area is 118 Å². The molecule has 0 bridgehead atoms. The van der Waals surface area contributed by atoms with E-state index in [9.17, 15) is 18.0 Å². The van der Waals surface area contributed by atoms with Gasteiger partial charge in [0.2, 0.25) is 0 Å². The Morgan fingerprint density at radius 3 is 2.62 bits per heavy atom. The Kier molecular flexibility index (Phi) is 3.19. The number of hydrogen-bond donors (Lipinski definition) is 1. The van der Waals surface area contributed by atoms with Crippen molar-refractivity contribution in [3.63, 3.8) is 0 Å². The number of rotatable bonds is 1. The van der Waals surface area contributed by atoms with Crippen LogP contribution in [0, 0.1) is 0 Å². The minimum absolute atomic E-state index is 0.256. The van der Waals surface area contributed by atoms with Crippen molar-refractivity contribution in [3.05, 3.63) is 53.1 Å². The molecule has 1 aliphatic heterocycles. The number of nitrogens with one attached hydrogen (secondary N) is 1. The van der Waals surface area contributed by atoms with Crippen molar-refractivity contribution in [2.45, 2.75) is 19.1 Å². The SMILES string of the molecule is O=C(c1ccc(C(F)(F)F)cc1)N1CCc2nc[nH]c2C1. The highest BCUT2D eigenvalue weighted by atomic mass is 19.4. The van der Waals surface area contributed by atoms with Crippen LogP contribution in [0.15, 0.2) is 30.6 Å². The van der Waals surface area contributed by atoms with E-state index in [2.05, 4.69) is 9.97 Å². The topological polar surface area (TPSA) is 49.0 Å². The number of benzene rings is 1. The molecule has 1 aromatic carbocycles. The Hall–Kier alpha value is -2.31. The monoisotopic (exact) mass is 295 g/mol. The van der Waals surface area contributed by atoms with Gasteiger partial charge in [0.05, 0.1) is 29.8 Å². The second-order valence-electron chi connectivity index (χ2n) is 4.88.